The van der Waals surface area contributed by atoms with E-state index >= 15 is 0 Å². The minimum Gasteiger partial charge on any atom is -0.550 e. The first kappa shape index (κ1) is 33.0. The van der Waals surface area contributed by atoms with E-state index in [4.69, 9.17) is 46.4 Å². The van der Waals surface area contributed by atoms with Crippen LogP contribution in [0.2, 0.25) is 20.1 Å². The van der Waals surface area contributed by atoms with Crippen LogP contribution in [0.25, 0.3) is 0 Å². The number of nitrogens with one attached hydrogen (secondary N) is 2. The maximum absolute atomic E-state index is 10.7. The van der Waals surface area contributed by atoms with Gasteiger partial charge in [0.15, 0.2) is 0 Å². The van der Waals surface area contributed by atoms with Gasteiger partial charge in [-0.15, -0.1) is 0 Å². The molecule has 0 fully saturated rings. The predicted octanol–water partition coefficient (Wildman–Crippen LogP) is 5.68. The summed E-state index contributed by atoms with van der Waals surface area (Å²) in [5.74, 6) is -2.28. The number of hydrogen-bond donors (Lipinski definition) is 2. The number of anilines is 4. The number of halogens is 4. The van der Waals surface area contributed by atoms with Crippen LogP contribution in [0.5, 0.6) is 0 Å². The molecule has 196 valence electrons. The van der Waals surface area contributed by atoms with E-state index in [1.165, 1.54) is 0 Å². The summed E-state index contributed by atoms with van der Waals surface area (Å²) in [6, 6.07) is 24.4. The molecule has 4 rings (SSSR count). The van der Waals surface area contributed by atoms with Gasteiger partial charge in [0.05, 0.1) is 31.5 Å². The number of carbonyl (C=O) groups excluding carboxylic acids is 2. The fraction of sp³-hybridized carbons (Fsp3) is 0.0714. The van der Waals surface area contributed by atoms with E-state index in [-0.39, 0.29) is 50.6 Å². The second kappa shape index (κ2) is 16.2. The zero-order valence-electron chi connectivity index (χ0n) is 20.3. The summed E-state index contributed by atoms with van der Waals surface area (Å²) in [4.78, 5) is 21.4. The molecule has 0 aromatic heterocycles. The predicted molar refractivity (Wildman–Crippen MR) is 156 cm³/mol. The van der Waals surface area contributed by atoms with Crippen LogP contribution in [0, 0.1) is 0 Å². The molecule has 0 saturated carbocycles. The molecular weight excluding hydrogens is 610 g/mol. The van der Waals surface area contributed by atoms with Gasteiger partial charge in [-0.05, 0) is 47.5 Å². The third kappa shape index (κ3) is 10.1. The van der Waals surface area contributed by atoms with Crippen LogP contribution in [-0.2, 0) is 22.4 Å². The van der Waals surface area contributed by atoms with Gasteiger partial charge >= 0.3 is 37.7 Å². The second-order valence-electron chi connectivity index (χ2n) is 7.86. The van der Waals surface area contributed by atoms with Crippen molar-refractivity contribution in [2.45, 2.75) is 12.8 Å². The van der Waals surface area contributed by atoms with E-state index in [1.54, 1.807) is 84.9 Å². The largest absolute Gasteiger partial charge is 2.00 e. The van der Waals surface area contributed by atoms with E-state index in [1.807, 2.05) is 0 Å². The monoisotopic (exact) mass is 628 g/mol. The first-order chi connectivity index (χ1) is 18.2. The van der Waals surface area contributed by atoms with Crippen LogP contribution in [0.3, 0.4) is 0 Å². The molecule has 0 aliphatic rings. The van der Waals surface area contributed by atoms with Gasteiger partial charge < -0.3 is 30.4 Å². The Morgan fingerprint density at radius 3 is 1.15 bits per heavy atom. The maximum Gasteiger partial charge on any atom is 2.00 e. The van der Waals surface area contributed by atoms with Crippen molar-refractivity contribution in [3.05, 3.63) is 116 Å². The molecular formula is C28H20CaCl4N2O4. The van der Waals surface area contributed by atoms with Gasteiger partial charge in [0, 0.05) is 36.2 Å². The summed E-state index contributed by atoms with van der Waals surface area (Å²) in [6.45, 7) is 0. The van der Waals surface area contributed by atoms with E-state index in [0.29, 0.717) is 54.0 Å². The van der Waals surface area contributed by atoms with E-state index in [9.17, 15) is 19.8 Å². The third-order valence-corrected chi connectivity index (χ3v) is 6.41. The number of carboxylic acids is 2. The number of para-hydroxylation sites is 4. The van der Waals surface area contributed by atoms with Gasteiger partial charge in [-0.3, -0.25) is 0 Å². The molecule has 0 bridgehead atoms. The van der Waals surface area contributed by atoms with Crippen LogP contribution >= 0.6 is 46.4 Å². The Hall–Kier alpha value is -2.16. The Morgan fingerprint density at radius 2 is 0.846 bits per heavy atom. The van der Waals surface area contributed by atoms with Gasteiger partial charge in [0.2, 0.25) is 0 Å². The maximum atomic E-state index is 10.7. The summed E-state index contributed by atoms with van der Waals surface area (Å²) in [5, 5.41) is 29.4. The van der Waals surface area contributed by atoms with Gasteiger partial charge in [-0.2, -0.15) is 0 Å². The number of hydrogen-bond acceptors (Lipinski definition) is 6. The van der Waals surface area contributed by atoms with E-state index < -0.39 is 11.9 Å². The fourth-order valence-corrected chi connectivity index (χ4v) is 4.39. The van der Waals surface area contributed by atoms with Gasteiger partial charge in [-0.25, -0.2) is 0 Å². The summed E-state index contributed by atoms with van der Waals surface area (Å²) >= 11 is 24.2. The summed E-state index contributed by atoms with van der Waals surface area (Å²) < 4.78 is 0. The van der Waals surface area contributed by atoms with Crippen molar-refractivity contribution in [3.8, 4) is 0 Å². The van der Waals surface area contributed by atoms with Crippen molar-refractivity contribution in [3.63, 3.8) is 0 Å². The molecule has 0 aliphatic carbocycles. The molecule has 6 nitrogen and oxygen atoms in total. The summed E-state index contributed by atoms with van der Waals surface area (Å²) in [6.07, 6.45) is -0.351. The van der Waals surface area contributed by atoms with Gasteiger partial charge in [0.1, 0.15) is 0 Å². The van der Waals surface area contributed by atoms with Crippen LogP contribution in [0.15, 0.2) is 84.9 Å². The first-order valence-electron chi connectivity index (χ1n) is 11.1. The van der Waals surface area contributed by atoms with E-state index in [2.05, 4.69) is 10.6 Å². The molecule has 0 aliphatic heterocycles. The number of aliphatic carboxylic acids is 2. The number of rotatable bonds is 8. The molecule has 0 amide bonds. The standard InChI is InChI=1S/2C14H11Cl2NO2.Ca/c2*15-10-5-3-6-11(16)14(10)17-12-7-2-1-4-9(12)8-13(18)19;/h2*1-7,17H,8H2,(H,18,19);/q;;+2/p-2. The molecule has 0 saturated heterocycles. The molecule has 0 unspecified atom stereocenters. The Bertz CT molecular complexity index is 1300. The minimum absolute atomic E-state index is 0. The normalized spacial score (nSPS) is 9.95. The Morgan fingerprint density at radius 1 is 0.538 bits per heavy atom. The Balaban J connectivity index is 0.000000267. The van der Waals surface area contributed by atoms with Crippen molar-refractivity contribution in [2.75, 3.05) is 10.6 Å². The zero-order chi connectivity index (χ0) is 27.7. The van der Waals surface area contributed by atoms with Crippen LogP contribution in [0.1, 0.15) is 11.1 Å². The van der Waals surface area contributed by atoms with Crippen molar-refractivity contribution in [2.24, 2.45) is 0 Å². The molecule has 0 spiro atoms. The number of carbonyl (C=O) groups is 2. The quantitative estimate of drug-likeness (QED) is 0.243. The summed E-state index contributed by atoms with van der Waals surface area (Å²) in [5.41, 5.74) is 3.61. The molecule has 0 atom stereocenters. The van der Waals surface area contributed by atoms with Crippen molar-refractivity contribution in [1.29, 1.82) is 0 Å². The third-order valence-electron chi connectivity index (χ3n) is 5.15. The molecule has 4 aromatic carbocycles. The molecule has 2 N–H and O–H groups in total. The first-order valence-corrected chi connectivity index (χ1v) is 12.6. The topological polar surface area (TPSA) is 104 Å². The SMILES string of the molecule is O=C([O-])Cc1ccccc1Nc1c(Cl)cccc1Cl.O=C([O-])Cc1ccccc1Nc1c(Cl)cccc1Cl.[Ca+2]. The molecule has 0 radical (unpaired) electrons. The number of benzene rings is 4. The second-order valence-corrected chi connectivity index (χ2v) is 9.48. The summed E-state index contributed by atoms with van der Waals surface area (Å²) in [7, 11) is 0. The van der Waals surface area contributed by atoms with Crippen LogP contribution < -0.4 is 20.8 Å². The van der Waals surface area contributed by atoms with E-state index in [0.717, 1.165) is 0 Å². The van der Waals surface area contributed by atoms with Crippen molar-refractivity contribution < 1.29 is 19.8 Å². The zero-order valence-corrected chi connectivity index (χ0v) is 25.6. The smallest absolute Gasteiger partial charge is 0.550 e. The fourth-order valence-electron chi connectivity index (χ4n) is 3.41. The minimum atomic E-state index is -1.14. The van der Waals surface area contributed by atoms with Crippen molar-refractivity contribution in [1.82, 2.24) is 0 Å². The van der Waals surface area contributed by atoms with Gasteiger partial charge in [0.25, 0.3) is 0 Å². The average molecular weight is 630 g/mol. The molecule has 11 heteroatoms. The molecule has 39 heavy (non-hydrogen) atoms. The van der Waals surface area contributed by atoms with Gasteiger partial charge in [-0.1, -0.05) is 94.9 Å². The average Bonchev–Trinajstić information content (AvgIpc) is 2.86. The van der Waals surface area contributed by atoms with Crippen LogP contribution in [0.4, 0.5) is 22.7 Å². The number of carboxylic acid groups (broad SMARTS) is 2. The Kier molecular flexibility index (Phi) is 13.7. The Labute approximate surface area is 275 Å². The molecule has 4 aromatic rings. The molecule has 0 heterocycles. The van der Waals surface area contributed by atoms with Crippen LogP contribution in [-0.4, -0.2) is 49.7 Å². The van der Waals surface area contributed by atoms with Crippen molar-refractivity contribution >= 4 is 119 Å².